The second-order valence-corrected chi connectivity index (χ2v) is 7.74. The van der Waals surface area contributed by atoms with Crippen molar-refractivity contribution in [1.29, 1.82) is 0 Å². The zero-order valence-electron chi connectivity index (χ0n) is 14.9. The maximum absolute atomic E-state index is 12.8. The van der Waals surface area contributed by atoms with Crippen LogP contribution in [0.2, 0.25) is 0 Å². The molecular weight excluding hydrogens is 330 g/mol. The van der Waals surface area contributed by atoms with E-state index in [1.165, 1.54) is 19.5 Å². The molecular formula is C19H25N5O2. The Balaban J connectivity index is 1.35. The van der Waals surface area contributed by atoms with E-state index in [2.05, 4.69) is 25.4 Å². The Morgan fingerprint density at radius 2 is 2.15 bits per heavy atom. The average molecular weight is 355 g/mol. The van der Waals surface area contributed by atoms with E-state index in [9.17, 15) is 4.79 Å². The van der Waals surface area contributed by atoms with E-state index in [-0.39, 0.29) is 11.9 Å². The molecule has 3 fully saturated rings. The number of carbonyl (C=O) groups excluding carboxylic acids is 1. The van der Waals surface area contributed by atoms with Gasteiger partial charge in [0.15, 0.2) is 5.58 Å². The number of hydrogen-bond acceptors (Lipinski definition) is 6. The molecule has 3 atom stereocenters. The van der Waals surface area contributed by atoms with E-state index >= 15 is 0 Å². The van der Waals surface area contributed by atoms with Gasteiger partial charge in [0.25, 0.3) is 5.91 Å². The molecule has 2 aromatic rings. The van der Waals surface area contributed by atoms with Crippen LogP contribution in [0.25, 0.3) is 11.0 Å². The molecule has 2 N–H and O–H groups in total. The summed E-state index contributed by atoms with van der Waals surface area (Å²) < 4.78 is 5.66. The molecule has 0 saturated carbocycles. The van der Waals surface area contributed by atoms with Crippen LogP contribution in [-0.4, -0.2) is 67.6 Å². The first-order valence-electron chi connectivity index (χ1n) is 9.62. The minimum absolute atomic E-state index is 0.0770. The molecule has 5 rings (SSSR count). The second kappa shape index (κ2) is 6.55. The zero-order chi connectivity index (χ0) is 17.5. The van der Waals surface area contributed by atoms with Gasteiger partial charge in [0, 0.05) is 50.7 Å². The predicted molar refractivity (Wildman–Crippen MR) is 99.5 cm³/mol. The van der Waals surface area contributed by atoms with Crippen LogP contribution in [0.5, 0.6) is 0 Å². The summed E-state index contributed by atoms with van der Waals surface area (Å²) in [7, 11) is 0. The summed E-state index contributed by atoms with van der Waals surface area (Å²) in [5.74, 6) is 0.657. The number of piperazine rings is 1. The monoisotopic (exact) mass is 355 g/mol. The van der Waals surface area contributed by atoms with Crippen molar-refractivity contribution >= 4 is 22.6 Å². The van der Waals surface area contributed by atoms with Crippen LogP contribution in [0, 0.1) is 5.92 Å². The fourth-order valence-electron chi connectivity index (χ4n) is 4.62. The summed E-state index contributed by atoms with van der Waals surface area (Å²) in [6.45, 7) is 7.14. The molecule has 26 heavy (non-hydrogen) atoms. The van der Waals surface area contributed by atoms with Crippen LogP contribution in [0.15, 0.2) is 22.9 Å². The third kappa shape index (κ3) is 2.95. The molecule has 0 spiro atoms. The summed E-state index contributed by atoms with van der Waals surface area (Å²) >= 11 is 0. The number of hydrogen-bond donors (Lipinski definition) is 2. The smallest absolute Gasteiger partial charge is 0.270 e. The van der Waals surface area contributed by atoms with Gasteiger partial charge in [0.2, 0.25) is 0 Å². The predicted octanol–water partition coefficient (Wildman–Crippen LogP) is 1.06. The highest BCUT2D eigenvalue weighted by Crippen LogP contribution is 2.30. The molecule has 0 aliphatic carbocycles. The van der Waals surface area contributed by atoms with Crippen LogP contribution in [0.4, 0.5) is 5.69 Å². The van der Waals surface area contributed by atoms with Crippen LogP contribution >= 0.6 is 0 Å². The molecule has 2 aromatic heterocycles. The van der Waals surface area contributed by atoms with Crippen LogP contribution in [-0.2, 0) is 0 Å². The van der Waals surface area contributed by atoms with Crippen molar-refractivity contribution in [3.8, 4) is 0 Å². The Morgan fingerprint density at radius 3 is 3.00 bits per heavy atom. The van der Waals surface area contributed by atoms with Crippen molar-refractivity contribution in [2.24, 2.45) is 5.92 Å². The Morgan fingerprint density at radius 1 is 1.27 bits per heavy atom. The van der Waals surface area contributed by atoms with Crippen LogP contribution in [0.1, 0.15) is 23.3 Å². The first kappa shape index (κ1) is 16.1. The number of piperidine rings is 1. The third-order valence-electron chi connectivity index (χ3n) is 5.93. The van der Waals surface area contributed by atoms with Gasteiger partial charge in [-0.05, 0) is 31.4 Å². The fraction of sp³-hybridized carbons (Fsp3) is 0.579. The molecule has 0 aromatic carbocycles. The molecule has 5 heterocycles. The number of pyridine rings is 1. The highest BCUT2D eigenvalue weighted by atomic mass is 16.3. The van der Waals surface area contributed by atoms with E-state index in [1.54, 1.807) is 12.5 Å². The van der Waals surface area contributed by atoms with Gasteiger partial charge in [-0.15, -0.1) is 0 Å². The maximum atomic E-state index is 12.8. The Kier molecular flexibility index (Phi) is 4.05. The van der Waals surface area contributed by atoms with Crippen molar-refractivity contribution in [2.75, 3.05) is 50.7 Å². The number of fused-ring (bicyclic) bond motifs is 3. The van der Waals surface area contributed by atoms with Gasteiger partial charge in [-0.1, -0.05) is 0 Å². The van der Waals surface area contributed by atoms with E-state index in [0.717, 1.165) is 61.7 Å². The normalized spacial score (nSPS) is 28.5. The lowest BCUT2D eigenvalue weighted by atomic mass is 9.97. The lowest BCUT2D eigenvalue weighted by Gasteiger charge is -2.30. The maximum Gasteiger partial charge on any atom is 0.270 e. The molecule has 3 aliphatic heterocycles. The SMILES string of the molecule is O=C(N[C@@H]1C[C@@H]2CCN(C2)C1)c1cc2c(N3CCNCC3)coc2cn1. The van der Waals surface area contributed by atoms with Gasteiger partial charge in [0.05, 0.1) is 11.9 Å². The molecule has 7 nitrogen and oxygen atoms in total. The third-order valence-corrected chi connectivity index (χ3v) is 5.93. The summed E-state index contributed by atoms with van der Waals surface area (Å²) in [5.41, 5.74) is 2.26. The van der Waals surface area contributed by atoms with E-state index < -0.39 is 0 Å². The number of rotatable bonds is 3. The minimum atomic E-state index is -0.0770. The van der Waals surface area contributed by atoms with Crippen molar-refractivity contribution in [3.63, 3.8) is 0 Å². The number of anilines is 1. The Labute approximate surface area is 152 Å². The number of aromatic nitrogens is 1. The molecule has 0 radical (unpaired) electrons. The van der Waals surface area contributed by atoms with Crippen LogP contribution < -0.4 is 15.5 Å². The van der Waals surface area contributed by atoms with Gasteiger partial charge in [-0.3, -0.25) is 4.79 Å². The van der Waals surface area contributed by atoms with Crippen molar-refractivity contribution in [3.05, 3.63) is 24.2 Å². The lowest BCUT2D eigenvalue weighted by Crippen LogP contribution is -2.47. The number of furan rings is 1. The number of nitrogens with zero attached hydrogens (tertiary/aromatic N) is 3. The quantitative estimate of drug-likeness (QED) is 0.858. The second-order valence-electron chi connectivity index (χ2n) is 7.74. The van der Waals surface area contributed by atoms with Gasteiger partial charge in [-0.25, -0.2) is 4.98 Å². The molecule has 1 amide bonds. The number of amides is 1. The first-order valence-corrected chi connectivity index (χ1v) is 9.62. The Bertz CT molecular complexity index is 801. The molecule has 3 aliphatic rings. The summed E-state index contributed by atoms with van der Waals surface area (Å²) in [4.78, 5) is 21.8. The van der Waals surface area contributed by atoms with Gasteiger partial charge >= 0.3 is 0 Å². The van der Waals surface area contributed by atoms with E-state index in [1.807, 2.05) is 6.07 Å². The number of nitrogens with one attached hydrogen (secondary N) is 2. The first-order chi connectivity index (χ1) is 12.8. The van der Waals surface area contributed by atoms with Crippen molar-refractivity contribution in [1.82, 2.24) is 20.5 Å². The largest absolute Gasteiger partial charge is 0.460 e. The van der Waals surface area contributed by atoms with Gasteiger partial charge < -0.3 is 24.9 Å². The zero-order valence-corrected chi connectivity index (χ0v) is 14.9. The highest BCUT2D eigenvalue weighted by molar-refractivity contribution is 5.99. The summed E-state index contributed by atoms with van der Waals surface area (Å²) in [6.07, 6.45) is 5.80. The number of carbonyl (C=O) groups is 1. The highest BCUT2D eigenvalue weighted by Gasteiger charge is 2.33. The topological polar surface area (TPSA) is 73.6 Å². The molecule has 7 heteroatoms. The van der Waals surface area contributed by atoms with Crippen molar-refractivity contribution in [2.45, 2.75) is 18.9 Å². The van der Waals surface area contributed by atoms with Gasteiger partial charge in [0.1, 0.15) is 12.0 Å². The molecule has 138 valence electrons. The van der Waals surface area contributed by atoms with Crippen molar-refractivity contribution < 1.29 is 9.21 Å². The summed E-state index contributed by atoms with van der Waals surface area (Å²) in [6, 6.07) is 2.11. The molecule has 3 saturated heterocycles. The average Bonchev–Trinajstić information content (AvgIpc) is 3.24. The Hall–Kier alpha value is -2.12. The fourth-order valence-corrected chi connectivity index (χ4v) is 4.62. The van der Waals surface area contributed by atoms with E-state index in [4.69, 9.17) is 4.42 Å². The minimum Gasteiger partial charge on any atom is -0.460 e. The molecule has 2 bridgehead atoms. The molecule has 1 unspecified atom stereocenters. The van der Waals surface area contributed by atoms with Gasteiger partial charge in [-0.2, -0.15) is 0 Å². The summed E-state index contributed by atoms with van der Waals surface area (Å²) in [5, 5.41) is 7.53. The van der Waals surface area contributed by atoms with E-state index in [0.29, 0.717) is 5.69 Å². The standard InChI is InChI=1S/C19H25N5O2/c25-19(22-14-7-13-1-4-23(10-13)11-14)16-8-15-17(12-26-18(15)9-21-16)24-5-2-20-3-6-24/h8-9,12-14,20H,1-7,10-11H2,(H,22,25)/t13-,14+/m0/s1. The lowest BCUT2D eigenvalue weighted by molar-refractivity contribution is 0.0904. The van der Waals surface area contributed by atoms with Crippen LogP contribution in [0.3, 0.4) is 0 Å².